The van der Waals surface area contributed by atoms with Gasteiger partial charge in [-0.05, 0) is 67.6 Å². The van der Waals surface area contributed by atoms with Gasteiger partial charge in [0.15, 0.2) is 5.96 Å². The lowest BCUT2D eigenvalue weighted by Crippen LogP contribution is -2.39. The van der Waals surface area contributed by atoms with Gasteiger partial charge in [-0.1, -0.05) is 18.6 Å². The molecule has 3 unspecified atom stereocenters. The van der Waals surface area contributed by atoms with Gasteiger partial charge in [-0.3, -0.25) is 9.79 Å². The fraction of sp³-hybridized carbons (Fsp3) is 0.636. The summed E-state index contributed by atoms with van der Waals surface area (Å²) in [6, 6.07) is 7.87. The van der Waals surface area contributed by atoms with Crippen LogP contribution < -0.4 is 10.6 Å². The van der Waals surface area contributed by atoms with Crippen molar-refractivity contribution in [3.63, 3.8) is 0 Å². The summed E-state index contributed by atoms with van der Waals surface area (Å²) in [5, 5.41) is 6.86. The largest absolute Gasteiger partial charge is 0.356 e. The van der Waals surface area contributed by atoms with Crippen molar-refractivity contribution >= 4 is 35.8 Å². The molecule has 0 spiro atoms. The van der Waals surface area contributed by atoms with Crippen LogP contribution in [0, 0.1) is 17.8 Å². The van der Waals surface area contributed by atoms with Crippen LogP contribution in [0.15, 0.2) is 29.3 Å². The molecule has 0 aliphatic heterocycles. The molecule has 2 N–H and O–H groups in total. The lowest BCUT2D eigenvalue weighted by atomic mass is 9.86. The number of hydrogen-bond acceptors (Lipinski definition) is 2. The summed E-state index contributed by atoms with van der Waals surface area (Å²) in [5.74, 6) is 3.85. The van der Waals surface area contributed by atoms with E-state index in [0.717, 1.165) is 54.4 Å². The van der Waals surface area contributed by atoms with E-state index in [-0.39, 0.29) is 29.9 Å². The monoisotopic (exact) mass is 498 g/mol. The van der Waals surface area contributed by atoms with Gasteiger partial charge in [0, 0.05) is 39.8 Å². The van der Waals surface area contributed by atoms with Crippen molar-refractivity contribution in [2.24, 2.45) is 22.7 Å². The first-order chi connectivity index (χ1) is 13.1. The van der Waals surface area contributed by atoms with E-state index in [1.807, 2.05) is 25.2 Å². The first kappa shape index (κ1) is 23.0. The minimum absolute atomic E-state index is 0. The average Bonchev–Trinajstić information content (AvgIpc) is 3.29. The lowest BCUT2D eigenvalue weighted by Gasteiger charge is -2.22. The van der Waals surface area contributed by atoms with Gasteiger partial charge in [-0.25, -0.2) is 0 Å². The Kier molecular flexibility index (Phi) is 9.05. The third kappa shape index (κ3) is 6.09. The molecule has 1 aromatic carbocycles. The lowest BCUT2D eigenvalue weighted by molar-refractivity contribution is 0.0827. The van der Waals surface area contributed by atoms with Crippen LogP contribution in [0.4, 0.5) is 0 Å². The van der Waals surface area contributed by atoms with Crippen molar-refractivity contribution in [1.29, 1.82) is 0 Å². The Morgan fingerprint density at radius 2 is 1.96 bits per heavy atom. The minimum atomic E-state index is 0. The second kappa shape index (κ2) is 11.0. The second-order valence-electron chi connectivity index (χ2n) is 8.30. The number of nitrogens with zero attached hydrogens (tertiary/aromatic N) is 2. The Bertz CT molecular complexity index is 676. The van der Waals surface area contributed by atoms with Crippen LogP contribution in [0.2, 0.25) is 0 Å². The first-order valence-corrected chi connectivity index (χ1v) is 10.3. The number of amides is 1. The fourth-order valence-electron chi connectivity index (χ4n) is 4.77. The van der Waals surface area contributed by atoms with E-state index in [9.17, 15) is 4.79 Å². The van der Waals surface area contributed by atoms with Gasteiger partial charge >= 0.3 is 0 Å². The van der Waals surface area contributed by atoms with Gasteiger partial charge in [0.2, 0.25) is 0 Å². The molecule has 0 saturated heterocycles. The van der Waals surface area contributed by atoms with Crippen LogP contribution in [0.1, 0.15) is 48.0 Å². The van der Waals surface area contributed by atoms with Crippen LogP contribution in [-0.4, -0.2) is 51.0 Å². The Balaban J connectivity index is 0.00000280. The number of aliphatic imine (C=N–C) groups is 1. The van der Waals surface area contributed by atoms with E-state index < -0.39 is 0 Å². The average molecular weight is 498 g/mol. The molecule has 2 aliphatic carbocycles. The molecule has 2 saturated carbocycles. The summed E-state index contributed by atoms with van der Waals surface area (Å²) in [6.07, 6.45) is 7.97. The van der Waals surface area contributed by atoms with Crippen molar-refractivity contribution in [1.82, 2.24) is 15.5 Å². The molecule has 2 aliphatic rings. The Morgan fingerprint density at radius 3 is 2.61 bits per heavy atom. The van der Waals surface area contributed by atoms with Gasteiger partial charge in [0.05, 0.1) is 0 Å². The van der Waals surface area contributed by atoms with E-state index in [2.05, 4.69) is 21.7 Å². The number of guanidine groups is 1. The zero-order chi connectivity index (χ0) is 19.2. The van der Waals surface area contributed by atoms with E-state index in [1.54, 1.807) is 19.0 Å². The molecule has 0 aromatic heterocycles. The van der Waals surface area contributed by atoms with Crippen LogP contribution in [0.25, 0.3) is 0 Å². The number of fused-ring (bicyclic) bond motifs is 2. The molecule has 0 heterocycles. The van der Waals surface area contributed by atoms with Crippen LogP contribution in [-0.2, 0) is 6.42 Å². The molecule has 2 fully saturated rings. The molecule has 3 atom stereocenters. The standard InChI is InChI=1S/C22H34N4O.HI/c1-23-22(25-12-10-19-15-17-7-8-18(19)14-17)24-11-9-16-5-4-6-20(13-16)21(27)26(2)3;/h4-6,13,17-19H,7-12,14-15H2,1-3H3,(H2,23,24,25);1H. The molecule has 1 amide bonds. The zero-order valence-electron chi connectivity index (χ0n) is 17.4. The molecule has 2 bridgehead atoms. The molecule has 6 heteroatoms. The Hall–Kier alpha value is -1.31. The van der Waals surface area contributed by atoms with Gasteiger partial charge in [-0.2, -0.15) is 0 Å². The number of benzene rings is 1. The molecular formula is C22H35IN4O. The predicted molar refractivity (Wildman–Crippen MR) is 126 cm³/mol. The number of hydrogen-bond donors (Lipinski definition) is 2. The van der Waals surface area contributed by atoms with Crippen molar-refractivity contribution < 1.29 is 4.79 Å². The molecule has 28 heavy (non-hydrogen) atoms. The molecule has 3 rings (SSSR count). The van der Waals surface area contributed by atoms with E-state index >= 15 is 0 Å². The summed E-state index contributed by atoms with van der Waals surface area (Å²) >= 11 is 0. The number of carbonyl (C=O) groups is 1. The number of rotatable bonds is 7. The molecule has 1 aromatic rings. The normalized spacial score (nSPS) is 23.2. The number of halogens is 1. The van der Waals surface area contributed by atoms with Gasteiger partial charge in [-0.15, -0.1) is 24.0 Å². The number of carbonyl (C=O) groups excluding carboxylic acids is 1. The van der Waals surface area contributed by atoms with Crippen molar-refractivity contribution in [3.05, 3.63) is 35.4 Å². The SMILES string of the molecule is CN=C(NCCc1cccc(C(=O)N(C)C)c1)NCCC1CC2CCC1C2.I. The van der Waals surface area contributed by atoms with Crippen molar-refractivity contribution in [3.8, 4) is 0 Å². The maximum atomic E-state index is 12.1. The van der Waals surface area contributed by atoms with Gasteiger partial charge < -0.3 is 15.5 Å². The summed E-state index contributed by atoms with van der Waals surface area (Å²) in [5.41, 5.74) is 1.90. The maximum Gasteiger partial charge on any atom is 0.253 e. The minimum Gasteiger partial charge on any atom is -0.356 e. The smallest absolute Gasteiger partial charge is 0.253 e. The Morgan fingerprint density at radius 1 is 1.18 bits per heavy atom. The van der Waals surface area contributed by atoms with Gasteiger partial charge in [0.25, 0.3) is 5.91 Å². The fourth-order valence-corrected chi connectivity index (χ4v) is 4.77. The maximum absolute atomic E-state index is 12.1. The van der Waals surface area contributed by atoms with Crippen molar-refractivity contribution in [2.45, 2.75) is 38.5 Å². The highest BCUT2D eigenvalue weighted by Crippen LogP contribution is 2.49. The summed E-state index contributed by atoms with van der Waals surface area (Å²) in [6.45, 7) is 1.80. The van der Waals surface area contributed by atoms with Crippen LogP contribution in [0.5, 0.6) is 0 Å². The number of nitrogens with one attached hydrogen (secondary N) is 2. The highest BCUT2D eigenvalue weighted by Gasteiger charge is 2.38. The highest BCUT2D eigenvalue weighted by atomic mass is 127. The molecular weight excluding hydrogens is 463 g/mol. The Labute approximate surface area is 186 Å². The third-order valence-electron chi connectivity index (χ3n) is 6.20. The van der Waals surface area contributed by atoms with Crippen molar-refractivity contribution in [2.75, 3.05) is 34.2 Å². The van der Waals surface area contributed by atoms with E-state index in [0.29, 0.717) is 0 Å². The molecule has 156 valence electrons. The summed E-state index contributed by atoms with van der Waals surface area (Å²) in [7, 11) is 5.38. The second-order valence-corrected chi connectivity index (χ2v) is 8.30. The first-order valence-electron chi connectivity index (χ1n) is 10.3. The highest BCUT2D eigenvalue weighted by molar-refractivity contribution is 14.0. The quantitative estimate of drug-likeness (QED) is 0.344. The van der Waals surface area contributed by atoms with E-state index in [1.165, 1.54) is 32.1 Å². The van der Waals surface area contributed by atoms with Gasteiger partial charge in [0.1, 0.15) is 0 Å². The summed E-state index contributed by atoms with van der Waals surface area (Å²) < 4.78 is 0. The topological polar surface area (TPSA) is 56.7 Å². The molecule has 0 radical (unpaired) electrons. The molecule has 5 nitrogen and oxygen atoms in total. The van der Waals surface area contributed by atoms with Crippen LogP contribution >= 0.6 is 24.0 Å². The van der Waals surface area contributed by atoms with E-state index in [4.69, 9.17) is 0 Å². The van der Waals surface area contributed by atoms with Crippen LogP contribution in [0.3, 0.4) is 0 Å². The third-order valence-corrected chi connectivity index (χ3v) is 6.20. The predicted octanol–water partition coefficient (Wildman–Crippen LogP) is 3.54. The zero-order valence-corrected chi connectivity index (χ0v) is 19.7. The summed E-state index contributed by atoms with van der Waals surface area (Å²) in [4.78, 5) is 18.0.